The van der Waals surface area contributed by atoms with Gasteiger partial charge in [-0.1, -0.05) is 12.1 Å². The third-order valence-corrected chi connectivity index (χ3v) is 7.29. The maximum Gasteiger partial charge on any atom is 0.253 e. The number of halogens is 2. The highest BCUT2D eigenvalue weighted by Gasteiger charge is 2.28. The summed E-state index contributed by atoms with van der Waals surface area (Å²) >= 11 is 0. The predicted octanol–water partition coefficient (Wildman–Crippen LogP) is 4.67. The van der Waals surface area contributed by atoms with E-state index in [0.29, 0.717) is 61.0 Å². The number of carbonyl (C=O) groups excluding carboxylic acids is 2. The van der Waals surface area contributed by atoms with Crippen LogP contribution in [-0.2, 0) is 4.79 Å². The topological polar surface area (TPSA) is 75.9 Å². The molecule has 2 saturated heterocycles. The molecule has 2 N–H and O–H groups in total. The second-order valence-electron chi connectivity index (χ2n) is 11.0. The van der Waals surface area contributed by atoms with Crippen molar-refractivity contribution >= 4 is 11.8 Å². The molecule has 2 fully saturated rings. The van der Waals surface area contributed by atoms with E-state index < -0.39 is 11.5 Å². The summed E-state index contributed by atoms with van der Waals surface area (Å²) in [6.07, 6.45) is 3.31. The highest BCUT2D eigenvalue weighted by atomic mass is 19.1. The van der Waals surface area contributed by atoms with Crippen molar-refractivity contribution in [2.45, 2.75) is 45.2 Å². The normalized spacial score (nSPS) is 19.6. The first-order valence-corrected chi connectivity index (χ1v) is 13.1. The monoisotopic (exact) mass is 513 g/mol. The van der Waals surface area contributed by atoms with Gasteiger partial charge in [-0.3, -0.25) is 9.59 Å². The Balaban J connectivity index is 1.31. The Bertz CT molecular complexity index is 1090. The van der Waals surface area contributed by atoms with Crippen molar-refractivity contribution in [3.63, 3.8) is 0 Å². The average molecular weight is 514 g/mol. The van der Waals surface area contributed by atoms with E-state index in [1.165, 1.54) is 6.07 Å². The molecule has 4 rings (SSSR count). The molecule has 200 valence electrons. The molecule has 0 spiro atoms. The van der Waals surface area contributed by atoms with E-state index in [-0.39, 0.29) is 17.7 Å². The number of primary amides is 1. The molecule has 0 saturated carbocycles. The van der Waals surface area contributed by atoms with Gasteiger partial charge in [-0.2, -0.15) is 0 Å². The van der Waals surface area contributed by atoms with Crippen LogP contribution in [0.25, 0.3) is 11.1 Å². The van der Waals surface area contributed by atoms with Crippen molar-refractivity contribution in [3.05, 3.63) is 53.8 Å². The molecule has 0 aromatic heterocycles. The second-order valence-corrected chi connectivity index (χ2v) is 11.0. The van der Waals surface area contributed by atoms with Crippen molar-refractivity contribution in [2.75, 3.05) is 39.3 Å². The molecule has 37 heavy (non-hydrogen) atoms. The van der Waals surface area contributed by atoms with Gasteiger partial charge in [0.05, 0.1) is 12.5 Å². The number of nitrogens with two attached hydrogens (primary N) is 1. The molecule has 2 aromatic carbocycles. The quantitative estimate of drug-likeness (QED) is 0.557. The van der Waals surface area contributed by atoms with Gasteiger partial charge in [0, 0.05) is 36.8 Å². The smallest absolute Gasteiger partial charge is 0.253 e. The van der Waals surface area contributed by atoms with E-state index in [1.807, 2.05) is 0 Å². The fraction of sp³-hybridized carbons (Fsp3) is 0.517. The maximum atomic E-state index is 14.9. The lowest BCUT2D eigenvalue weighted by Gasteiger charge is -2.34. The largest absolute Gasteiger partial charge is 0.493 e. The van der Waals surface area contributed by atoms with Gasteiger partial charge in [-0.15, -0.1) is 0 Å². The Morgan fingerprint density at radius 1 is 1.05 bits per heavy atom. The molecule has 0 bridgehead atoms. The third kappa shape index (κ3) is 7.28. The molecule has 2 amide bonds. The lowest BCUT2D eigenvalue weighted by atomic mass is 9.96. The molecule has 2 aromatic rings. The number of piperidine rings is 2. The number of amides is 2. The number of benzene rings is 2. The first kappa shape index (κ1) is 27.0. The van der Waals surface area contributed by atoms with Crippen LogP contribution in [-0.4, -0.2) is 66.6 Å². The number of alkyl halides is 1. The Morgan fingerprint density at radius 3 is 2.38 bits per heavy atom. The van der Waals surface area contributed by atoms with Crippen LogP contribution in [0.2, 0.25) is 0 Å². The van der Waals surface area contributed by atoms with Gasteiger partial charge in [0.15, 0.2) is 0 Å². The zero-order valence-corrected chi connectivity index (χ0v) is 21.7. The molecule has 6 nitrogen and oxygen atoms in total. The summed E-state index contributed by atoms with van der Waals surface area (Å²) in [5, 5.41) is 0. The van der Waals surface area contributed by atoms with E-state index in [1.54, 1.807) is 55.1 Å². The molecule has 0 aliphatic carbocycles. The van der Waals surface area contributed by atoms with Gasteiger partial charge in [0.1, 0.15) is 17.2 Å². The van der Waals surface area contributed by atoms with Crippen LogP contribution < -0.4 is 10.5 Å². The fourth-order valence-electron chi connectivity index (χ4n) is 5.25. The highest BCUT2D eigenvalue weighted by Crippen LogP contribution is 2.28. The molecule has 2 aliphatic rings. The van der Waals surface area contributed by atoms with Crippen LogP contribution in [0.4, 0.5) is 8.78 Å². The zero-order chi connectivity index (χ0) is 26.6. The van der Waals surface area contributed by atoms with E-state index >= 15 is 0 Å². The number of rotatable bonds is 8. The molecule has 2 aliphatic heterocycles. The number of carbonyl (C=O) groups is 2. The van der Waals surface area contributed by atoms with Crippen LogP contribution in [0.5, 0.6) is 5.75 Å². The van der Waals surface area contributed by atoms with Crippen LogP contribution >= 0.6 is 0 Å². The Morgan fingerprint density at radius 2 is 1.76 bits per heavy atom. The first-order chi connectivity index (χ1) is 17.6. The van der Waals surface area contributed by atoms with Crippen LogP contribution in [0.3, 0.4) is 0 Å². The Labute approximate surface area is 217 Å². The van der Waals surface area contributed by atoms with Crippen molar-refractivity contribution in [2.24, 2.45) is 17.6 Å². The number of nitrogens with zero attached hydrogens (tertiary/aromatic N) is 2. The van der Waals surface area contributed by atoms with Crippen molar-refractivity contribution in [3.8, 4) is 16.9 Å². The summed E-state index contributed by atoms with van der Waals surface area (Å²) in [4.78, 5) is 28.2. The number of likely N-dealkylation sites (tertiary alicyclic amines) is 2. The summed E-state index contributed by atoms with van der Waals surface area (Å²) in [6, 6.07) is 11.7. The molecular weight excluding hydrogens is 476 g/mol. The van der Waals surface area contributed by atoms with E-state index in [2.05, 4.69) is 4.90 Å². The van der Waals surface area contributed by atoms with E-state index in [0.717, 1.165) is 32.4 Å². The van der Waals surface area contributed by atoms with E-state index in [9.17, 15) is 18.4 Å². The molecule has 2 heterocycles. The van der Waals surface area contributed by atoms with Crippen LogP contribution in [0.1, 0.15) is 49.9 Å². The zero-order valence-electron chi connectivity index (χ0n) is 21.7. The average Bonchev–Trinajstić information content (AvgIpc) is 2.87. The Hall–Kier alpha value is -3.00. The minimum Gasteiger partial charge on any atom is -0.493 e. The number of hydrogen-bond acceptors (Lipinski definition) is 4. The molecule has 0 unspecified atom stereocenters. The predicted molar refractivity (Wildman–Crippen MR) is 140 cm³/mol. The summed E-state index contributed by atoms with van der Waals surface area (Å²) in [6.45, 7) is 6.77. The second kappa shape index (κ2) is 11.6. The summed E-state index contributed by atoms with van der Waals surface area (Å²) in [7, 11) is 0. The molecular formula is C29H37F2N3O3. The van der Waals surface area contributed by atoms with Crippen molar-refractivity contribution in [1.82, 2.24) is 9.80 Å². The van der Waals surface area contributed by atoms with Crippen LogP contribution in [0, 0.1) is 17.7 Å². The van der Waals surface area contributed by atoms with Gasteiger partial charge in [-0.05, 0) is 88.4 Å². The van der Waals surface area contributed by atoms with Crippen LogP contribution in [0.15, 0.2) is 42.5 Å². The fourth-order valence-corrected chi connectivity index (χ4v) is 5.25. The van der Waals surface area contributed by atoms with Gasteiger partial charge in [-0.25, -0.2) is 8.78 Å². The SMILES string of the molecule is CC(C)(F)CN1CCC(COc2ccc(-c3ccc(C(=O)N4CCC[C@@H](C(N)=O)C4)cc3)c(F)c2)CC1. The maximum absolute atomic E-state index is 14.9. The third-order valence-electron chi connectivity index (χ3n) is 7.29. The number of ether oxygens (including phenoxy) is 1. The lowest BCUT2D eigenvalue weighted by molar-refractivity contribution is -0.123. The van der Waals surface area contributed by atoms with Gasteiger partial charge in [0.2, 0.25) is 5.91 Å². The molecule has 0 radical (unpaired) electrons. The summed E-state index contributed by atoms with van der Waals surface area (Å²) in [5.74, 6) is -0.385. The molecule has 8 heteroatoms. The Kier molecular flexibility index (Phi) is 8.47. The van der Waals surface area contributed by atoms with Crippen molar-refractivity contribution in [1.29, 1.82) is 0 Å². The first-order valence-electron chi connectivity index (χ1n) is 13.1. The van der Waals surface area contributed by atoms with Gasteiger partial charge >= 0.3 is 0 Å². The standard InChI is InChI=1S/C29H37F2N3O3/c1-29(2,31)19-33-14-11-20(12-15-33)18-37-24-9-10-25(26(30)16-24)21-5-7-22(8-6-21)28(36)34-13-3-4-23(17-34)27(32)35/h5-10,16,20,23H,3-4,11-15,17-19H2,1-2H3,(H2,32,35)/t23-/m1/s1. The summed E-state index contributed by atoms with van der Waals surface area (Å²) < 4.78 is 34.7. The van der Waals surface area contributed by atoms with Crippen molar-refractivity contribution < 1.29 is 23.1 Å². The van der Waals surface area contributed by atoms with Gasteiger partial charge < -0.3 is 20.3 Å². The summed E-state index contributed by atoms with van der Waals surface area (Å²) in [5.41, 5.74) is 5.82. The highest BCUT2D eigenvalue weighted by molar-refractivity contribution is 5.95. The minimum absolute atomic E-state index is 0.152. The van der Waals surface area contributed by atoms with E-state index in [4.69, 9.17) is 10.5 Å². The lowest BCUT2D eigenvalue weighted by Crippen LogP contribution is -2.44. The molecule has 1 atom stereocenters. The number of hydrogen-bond donors (Lipinski definition) is 1. The minimum atomic E-state index is -1.19. The van der Waals surface area contributed by atoms with Gasteiger partial charge in [0.25, 0.3) is 5.91 Å².